The molecule has 0 spiro atoms. The van der Waals surface area contributed by atoms with Gasteiger partial charge in [-0.2, -0.15) is 0 Å². The third-order valence-corrected chi connectivity index (χ3v) is 4.78. The third-order valence-electron chi connectivity index (χ3n) is 4.78. The van der Waals surface area contributed by atoms with E-state index in [1.165, 1.54) is 0 Å². The third kappa shape index (κ3) is 4.37. The van der Waals surface area contributed by atoms with E-state index < -0.39 is 5.97 Å². The number of amides is 1. The number of ether oxygens (including phenoxy) is 1. The Bertz CT molecular complexity index is 1040. The summed E-state index contributed by atoms with van der Waals surface area (Å²) in [5.74, 6) is -0.255. The normalized spacial score (nSPS) is 10.6. The fraction of sp³-hybridized carbons (Fsp3) is 0.261. The van der Waals surface area contributed by atoms with Crippen LogP contribution in [0.25, 0.3) is 0 Å². The van der Waals surface area contributed by atoms with Crippen molar-refractivity contribution in [3.63, 3.8) is 0 Å². The van der Waals surface area contributed by atoms with Crippen molar-refractivity contribution in [2.45, 2.75) is 34.2 Å². The van der Waals surface area contributed by atoms with Crippen molar-refractivity contribution in [3.05, 3.63) is 82.3 Å². The van der Waals surface area contributed by atoms with Gasteiger partial charge in [-0.05, 0) is 51.0 Å². The van der Waals surface area contributed by atoms with Crippen LogP contribution in [0.5, 0.6) is 0 Å². The van der Waals surface area contributed by atoms with Crippen molar-refractivity contribution >= 4 is 17.7 Å². The number of aryl methyl sites for hydroxylation is 1. The minimum atomic E-state index is -0.434. The lowest BCUT2D eigenvalue weighted by Crippen LogP contribution is -2.15. The molecule has 1 N–H and O–H groups in total. The lowest BCUT2D eigenvalue weighted by molar-refractivity contribution is 0.0513. The van der Waals surface area contributed by atoms with E-state index in [2.05, 4.69) is 10.3 Å². The molecule has 1 amide bonds. The maximum Gasteiger partial charge on any atom is 0.355 e. The van der Waals surface area contributed by atoms with Crippen LogP contribution in [0.2, 0.25) is 0 Å². The van der Waals surface area contributed by atoms with E-state index in [1.807, 2.05) is 60.9 Å². The number of rotatable bonds is 6. The van der Waals surface area contributed by atoms with Gasteiger partial charge in [-0.1, -0.05) is 36.4 Å². The van der Waals surface area contributed by atoms with Crippen molar-refractivity contribution in [3.8, 4) is 0 Å². The lowest BCUT2D eigenvalue weighted by atomic mass is 10.1. The largest absolute Gasteiger partial charge is 0.461 e. The number of aromatic nitrogens is 2. The highest BCUT2D eigenvalue weighted by atomic mass is 16.5. The minimum Gasteiger partial charge on any atom is -0.461 e. The topological polar surface area (TPSA) is 73.2 Å². The number of anilines is 1. The fourth-order valence-electron chi connectivity index (χ4n) is 3.45. The number of nitrogens with one attached hydrogen (secondary N) is 1. The summed E-state index contributed by atoms with van der Waals surface area (Å²) >= 11 is 0. The summed E-state index contributed by atoms with van der Waals surface area (Å²) in [6, 6.07) is 15.2. The van der Waals surface area contributed by atoms with Gasteiger partial charge in [0.15, 0.2) is 0 Å². The van der Waals surface area contributed by atoms with Crippen LogP contribution in [-0.2, 0) is 11.3 Å². The van der Waals surface area contributed by atoms with Crippen LogP contribution in [0.1, 0.15) is 50.3 Å². The molecule has 3 rings (SSSR count). The number of nitrogens with zero attached hydrogens (tertiary/aromatic N) is 2. The van der Waals surface area contributed by atoms with E-state index in [9.17, 15) is 9.59 Å². The molecule has 0 unspecified atom stereocenters. The Kier molecular flexibility index (Phi) is 6.12. The van der Waals surface area contributed by atoms with Crippen LogP contribution >= 0.6 is 0 Å². The highest BCUT2D eigenvalue weighted by Gasteiger charge is 2.27. The Labute approximate surface area is 170 Å². The van der Waals surface area contributed by atoms with Gasteiger partial charge in [0.2, 0.25) is 0 Å². The van der Waals surface area contributed by atoms with Gasteiger partial charge in [0.1, 0.15) is 11.5 Å². The first-order valence-electron chi connectivity index (χ1n) is 9.58. The minimum absolute atomic E-state index is 0.266. The summed E-state index contributed by atoms with van der Waals surface area (Å²) in [5.41, 5.74) is 4.01. The number of carbonyl (C=O) groups is 2. The number of esters is 1. The van der Waals surface area contributed by atoms with Crippen molar-refractivity contribution in [1.29, 1.82) is 0 Å². The van der Waals surface area contributed by atoms with Gasteiger partial charge >= 0.3 is 5.97 Å². The van der Waals surface area contributed by atoms with Gasteiger partial charge < -0.3 is 14.6 Å². The first-order valence-corrected chi connectivity index (χ1v) is 9.58. The van der Waals surface area contributed by atoms with Gasteiger partial charge in [0.25, 0.3) is 5.91 Å². The zero-order valence-corrected chi connectivity index (χ0v) is 17.2. The second-order valence-electron chi connectivity index (χ2n) is 6.84. The molecule has 0 fully saturated rings. The molecule has 3 aromatic rings. The average molecular weight is 391 g/mol. The first-order chi connectivity index (χ1) is 13.9. The van der Waals surface area contributed by atoms with Crippen LogP contribution in [0.4, 0.5) is 5.82 Å². The van der Waals surface area contributed by atoms with Crippen LogP contribution in [0.3, 0.4) is 0 Å². The van der Waals surface area contributed by atoms with E-state index in [1.54, 1.807) is 19.9 Å². The standard InChI is InChI=1S/C23H25N3O3/c1-5-29-23(28)21-16(3)20(22(27)25-19-13-9-10-15(2)24-19)17(4)26(21)14-18-11-7-6-8-12-18/h6-13H,5,14H2,1-4H3,(H,24,25,27). The second-order valence-corrected chi connectivity index (χ2v) is 6.84. The summed E-state index contributed by atoms with van der Waals surface area (Å²) in [5, 5.41) is 2.84. The van der Waals surface area contributed by atoms with Gasteiger partial charge in [0, 0.05) is 17.9 Å². The second kappa shape index (κ2) is 8.73. The van der Waals surface area contributed by atoms with Crippen molar-refractivity contribution in [1.82, 2.24) is 9.55 Å². The maximum absolute atomic E-state index is 13.0. The molecule has 0 saturated heterocycles. The van der Waals surface area contributed by atoms with E-state index in [4.69, 9.17) is 4.74 Å². The number of benzene rings is 1. The fourth-order valence-corrected chi connectivity index (χ4v) is 3.45. The zero-order chi connectivity index (χ0) is 21.0. The van der Waals surface area contributed by atoms with Gasteiger partial charge in [0.05, 0.1) is 12.2 Å². The highest BCUT2D eigenvalue weighted by Crippen LogP contribution is 2.25. The molecule has 0 aliphatic carbocycles. The number of hydrogen-bond donors (Lipinski definition) is 1. The summed E-state index contributed by atoms with van der Waals surface area (Å²) in [6.07, 6.45) is 0. The molecule has 150 valence electrons. The van der Waals surface area contributed by atoms with Crippen LogP contribution in [0, 0.1) is 20.8 Å². The van der Waals surface area contributed by atoms with Crippen LogP contribution in [-0.4, -0.2) is 28.0 Å². The molecular formula is C23H25N3O3. The predicted octanol–water partition coefficient (Wildman–Crippen LogP) is 4.29. The van der Waals surface area contributed by atoms with Crippen LogP contribution in [0.15, 0.2) is 48.5 Å². The van der Waals surface area contributed by atoms with Crippen molar-refractivity contribution in [2.24, 2.45) is 0 Å². The van der Waals surface area contributed by atoms with E-state index in [0.29, 0.717) is 34.9 Å². The average Bonchev–Trinajstić information content (AvgIpc) is 2.92. The number of pyridine rings is 1. The molecule has 2 aromatic heterocycles. The first kappa shape index (κ1) is 20.3. The van der Waals surface area contributed by atoms with E-state index in [-0.39, 0.29) is 12.5 Å². The summed E-state index contributed by atoms with van der Waals surface area (Å²) in [7, 11) is 0. The number of carbonyl (C=O) groups excluding carboxylic acids is 2. The molecule has 6 heteroatoms. The van der Waals surface area contributed by atoms with Gasteiger partial charge in [-0.3, -0.25) is 4.79 Å². The van der Waals surface area contributed by atoms with E-state index in [0.717, 1.165) is 11.3 Å². The molecule has 6 nitrogen and oxygen atoms in total. The maximum atomic E-state index is 13.0. The van der Waals surface area contributed by atoms with Crippen molar-refractivity contribution < 1.29 is 14.3 Å². The number of hydrogen-bond acceptors (Lipinski definition) is 4. The summed E-state index contributed by atoms with van der Waals surface area (Å²) in [6.45, 7) is 7.99. The molecule has 0 atom stereocenters. The molecule has 0 radical (unpaired) electrons. The summed E-state index contributed by atoms with van der Waals surface area (Å²) < 4.78 is 7.11. The molecular weight excluding hydrogens is 366 g/mol. The SMILES string of the molecule is CCOC(=O)c1c(C)c(C(=O)Nc2cccc(C)n2)c(C)n1Cc1ccccc1. The predicted molar refractivity (Wildman–Crippen MR) is 112 cm³/mol. The molecule has 0 bridgehead atoms. The molecule has 0 aliphatic heterocycles. The van der Waals surface area contributed by atoms with Crippen LogP contribution < -0.4 is 5.32 Å². The summed E-state index contributed by atoms with van der Waals surface area (Å²) in [4.78, 5) is 30.1. The lowest BCUT2D eigenvalue weighted by Gasteiger charge is -2.12. The molecule has 29 heavy (non-hydrogen) atoms. The van der Waals surface area contributed by atoms with E-state index >= 15 is 0 Å². The molecule has 2 heterocycles. The zero-order valence-electron chi connectivity index (χ0n) is 17.2. The molecule has 0 saturated carbocycles. The smallest absolute Gasteiger partial charge is 0.355 e. The van der Waals surface area contributed by atoms with Gasteiger partial charge in [-0.15, -0.1) is 0 Å². The monoisotopic (exact) mass is 391 g/mol. The Morgan fingerprint density at radius 2 is 1.76 bits per heavy atom. The molecule has 0 aliphatic rings. The Morgan fingerprint density at radius 1 is 1.03 bits per heavy atom. The Balaban J connectivity index is 2.04. The Hall–Kier alpha value is -3.41. The highest BCUT2D eigenvalue weighted by molar-refractivity contribution is 6.08. The van der Waals surface area contributed by atoms with Crippen molar-refractivity contribution in [2.75, 3.05) is 11.9 Å². The Morgan fingerprint density at radius 3 is 2.41 bits per heavy atom. The quantitative estimate of drug-likeness (QED) is 0.637. The van der Waals surface area contributed by atoms with Gasteiger partial charge in [-0.25, -0.2) is 9.78 Å². The molecule has 1 aromatic carbocycles.